The normalized spacial score (nSPS) is 16.7. The number of hydrogen-bond acceptors (Lipinski definition) is 13. The van der Waals surface area contributed by atoms with E-state index < -0.39 is 33.8 Å². The molecule has 0 radical (unpaired) electrons. The second-order valence-corrected chi connectivity index (χ2v) is 19.7. The van der Waals surface area contributed by atoms with Crippen molar-refractivity contribution < 1.29 is 51.6 Å². The molecule has 2 heterocycles. The number of carbonyl (C=O) groups excluding carboxylic acids is 1. The molecule has 0 bridgehead atoms. The number of hydrogen-bond donors (Lipinski definition) is 4. The minimum absolute atomic E-state index is 0.0706. The zero-order valence-corrected chi connectivity index (χ0v) is 36.0. The number of aryl methyl sites for hydroxylation is 1. The van der Waals surface area contributed by atoms with E-state index in [2.05, 4.69) is 60.6 Å². The predicted octanol–water partition coefficient (Wildman–Crippen LogP) is 8.86. The second-order valence-electron chi connectivity index (χ2n) is 14.2. The van der Waals surface area contributed by atoms with Crippen LogP contribution in [0.1, 0.15) is 64.3 Å². The number of nitrogens with zero attached hydrogens (tertiary/aromatic N) is 2. The molecule has 0 saturated carbocycles. The van der Waals surface area contributed by atoms with Gasteiger partial charge in [-0.05, 0) is 88.3 Å². The summed E-state index contributed by atoms with van der Waals surface area (Å²) in [4.78, 5) is 29.1. The molecule has 308 valence electrons. The smallest absolute Gasteiger partial charge is 0.408 e. The van der Waals surface area contributed by atoms with Gasteiger partial charge >= 0.3 is 12.1 Å². The Morgan fingerprint density at radius 1 is 1.04 bits per heavy atom. The molecule has 2 aromatic carbocycles. The van der Waals surface area contributed by atoms with Crippen LogP contribution in [0, 0.1) is 0 Å². The van der Waals surface area contributed by atoms with Gasteiger partial charge in [-0.25, -0.2) is 14.8 Å². The number of aliphatic carboxylic acids is 1. The van der Waals surface area contributed by atoms with Crippen molar-refractivity contribution in [2.45, 2.75) is 82.4 Å². The Morgan fingerprint density at radius 3 is 2.56 bits per heavy atom. The average molecular weight is 879 g/mol. The van der Waals surface area contributed by atoms with Gasteiger partial charge in [0.15, 0.2) is 6.54 Å². The molecule has 0 spiro atoms. The maximum Gasteiger partial charge on any atom is 0.408 e. The lowest BCUT2D eigenvalue weighted by Crippen LogP contribution is -2.44. The Kier molecular flexibility index (Phi) is 16.6. The fourth-order valence-corrected chi connectivity index (χ4v) is 10.7. The van der Waals surface area contributed by atoms with Gasteiger partial charge in [0.2, 0.25) is 5.52 Å². The van der Waals surface area contributed by atoms with E-state index in [0.29, 0.717) is 25.1 Å². The van der Waals surface area contributed by atoms with Crippen LogP contribution in [0.5, 0.6) is 0 Å². The number of unbranched alkanes of at least 4 members (excludes halogenated alkanes) is 2. The van der Waals surface area contributed by atoms with Crippen molar-refractivity contribution >= 4 is 91.1 Å². The van der Waals surface area contributed by atoms with Crippen molar-refractivity contribution in [3.8, 4) is 0 Å². The first-order valence-electron chi connectivity index (χ1n) is 18.4. The molecule has 1 aliphatic carbocycles. The Hall–Kier alpha value is -3.33. The van der Waals surface area contributed by atoms with Gasteiger partial charge in [-0.15, -0.1) is 16.1 Å². The van der Waals surface area contributed by atoms with Crippen LogP contribution in [-0.4, -0.2) is 70.8 Å². The summed E-state index contributed by atoms with van der Waals surface area (Å²) in [6, 6.07) is 15.1. The van der Waals surface area contributed by atoms with Gasteiger partial charge in [-0.1, -0.05) is 64.6 Å². The molecule has 0 fully saturated rings. The first-order valence-corrected chi connectivity index (χ1v) is 23.5. The number of carboxylic acids is 1. The number of thioether (sulfide) groups is 2. The number of aromatic nitrogens is 1. The quantitative estimate of drug-likeness (QED) is 0.0211. The summed E-state index contributed by atoms with van der Waals surface area (Å²) in [6.07, 6.45) is 11.6. The Balaban J connectivity index is 1.44. The lowest BCUT2D eigenvalue weighted by Gasteiger charge is -2.22. The zero-order valence-electron chi connectivity index (χ0n) is 31.9. The molecule has 1 aromatic heterocycles. The summed E-state index contributed by atoms with van der Waals surface area (Å²) < 4.78 is 45.2. The number of ether oxygens (including phenoxy) is 1. The first kappa shape index (κ1) is 44.8. The van der Waals surface area contributed by atoms with Crippen molar-refractivity contribution in [3.63, 3.8) is 0 Å². The third-order valence-electron chi connectivity index (χ3n) is 8.73. The SMILES string of the molecule is CC(C)(C)OC(=O)NC(CSC1=C(/C=C/c2sc3ccccc3[n+]2CCCCSOOO)CC/C1=C\C=C1/Sc2ccccc2N1CCCCS(=O)(=O)O)C(=O)O. The van der Waals surface area contributed by atoms with Crippen LogP contribution in [0.2, 0.25) is 0 Å². The summed E-state index contributed by atoms with van der Waals surface area (Å²) in [5.74, 6) is -0.732. The van der Waals surface area contributed by atoms with E-state index in [4.69, 9.17) is 9.99 Å². The van der Waals surface area contributed by atoms with Gasteiger partial charge in [0.25, 0.3) is 15.1 Å². The first-order chi connectivity index (χ1) is 27.2. The van der Waals surface area contributed by atoms with Crippen molar-refractivity contribution in [3.05, 3.63) is 92.8 Å². The van der Waals surface area contributed by atoms with E-state index in [9.17, 15) is 27.7 Å². The van der Waals surface area contributed by atoms with Gasteiger partial charge in [0, 0.05) is 58.5 Å². The number of rotatable bonds is 20. The molecule has 5 rings (SSSR count). The van der Waals surface area contributed by atoms with Crippen LogP contribution < -0.4 is 14.8 Å². The number of carboxylic acid groups (broad SMARTS) is 1. The molecular weight excluding hydrogens is 831 g/mol. The van der Waals surface area contributed by atoms with E-state index in [1.807, 2.05) is 36.4 Å². The van der Waals surface area contributed by atoms with Crippen LogP contribution in [0.3, 0.4) is 0 Å². The van der Waals surface area contributed by atoms with E-state index >= 15 is 0 Å². The fourth-order valence-electron chi connectivity index (χ4n) is 6.20. The highest BCUT2D eigenvalue weighted by Crippen LogP contribution is 2.47. The second kappa shape index (κ2) is 21.1. The van der Waals surface area contributed by atoms with Crippen LogP contribution in [0.25, 0.3) is 16.3 Å². The highest BCUT2D eigenvalue weighted by atomic mass is 32.2. The van der Waals surface area contributed by atoms with E-state index in [1.165, 1.54) is 11.8 Å². The number of benzene rings is 2. The molecule has 3 aromatic rings. The largest absolute Gasteiger partial charge is 0.480 e. The van der Waals surface area contributed by atoms with Crippen LogP contribution in [0.4, 0.5) is 10.5 Å². The number of carbonyl (C=O) groups is 2. The van der Waals surface area contributed by atoms with E-state index in [-0.39, 0.29) is 11.5 Å². The molecule has 1 amide bonds. The molecule has 1 atom stereocenters. The van der Waals surface area contributed by atoms with Crippen molar-refractivity contribution in [2.75, 3.05) is 28.7 Å². The summed E-state index contributed by atoms with van der Waals surface area (Å²) in [6.45, 7) is 6.49. The number of fused-ring (bicyclic) bond motifs is 2. The van der Waals surface area contributed by atoms with E-state index in [1.54, 1.807) is 43.9 Å². The highest BCUT2D eigenvalue weighted by molar-refractivity contribution is 8.04. The number of thiazole rings is 1. The molecule has 2 aliphatic rings. The lowest BCUT2D eigenvalue weighted by atomic mass is 10.2. The van der Waals surface area contributed by atoms with Crippen LogP contribution in [-0.2, 0) is 35.6 Å². The van der Waals surface area contributed by atoms with Gasteiger partial charge in [-0.3, -0.25) is 4.55 Å². The number of alkyl carbamates (subject to hydrolysis) is 1. The lowest BCUT2D eigenvalue weighted by molar-refractivity contribution is -0.669. The summed E-state index contributed by atoms with van der Waals surface area (Å²) in [5, 5.41) is 26.7. The van der Waals surface area contributed by atoms with Gasteiger partial charge in [0.05, 0.1) is 16.5 Å². The van der Waals surface area contributed by atoms with E-state index in [0.717, 1.165) is 91.2 Å². The molecular formula is C39H48N3O10S5+. The highest BCUT2D eigenvalue weighted by Gasteiger charge is 2.28. The Labute approximate surface area is 350 Å². The summed E-state index contributed by atoms with van der Waals surface area (Å²) >= 11 is 5.74. The number of allylic oxidation sites excluding steroid dienone is 5. The molecule has 4 N–H and O–H groups in total. The third kappa shape index (κ3) is 13.6. The minimum atomic E-state index is -4.04. The van der Waals surface area contributed by atoms with Gasteiger partial charge in [-0.2, -0.15) is 13.0 Å². The number of anilines is 1. The molecule has 1 aliphatic heterocycles. The topological polar surface area (TPSA) is 176 Å². The standard InChI is InChI=1S/C39H47N3O10S5/c1-39(2,3)50-38(45)40-29(37(43)44)26-53-36-27(18-20-34-41(22-8-10-24-54-52-51-46)30-12-4-6-14-32(30)55-34)16-17-28(36)19-21-35-42(23-9-11-25-57(47,48)49)31-13-5-7-15-33(31)56-35/h4-7,12-15,18-21,29H,8-11,16-17,22-26H2,1-3H3,(H3-,40,43,44,45,46,47,48,49)/p+1. The zero-order chi connectivity index (χ0) is 41.0. The summed E-state index contributed by atoms with van der Waals surface area (Å²) in [5.41, 5.74) is 3.45. The van der Waals surface area contributed by atoms with Crippen molar-refractivity contribution in [1.82, 2.24) is 5.32 Å². The minimum Gasteiger partial charge on any atom is -0.480 e. The Morgan fingerprint density at radius 2 is 1.81 bits per heavy atom. The van der Waals surface area contributed by atoms with Crippen LogP contribution >= 0.6 is 46.9 Å². The monoisotopic (exact) mass is 878 g/mol. The maximum atomic E-state index is 12.6. The number of para-hydroxylation sites is 2. The molecule has 13 nitrogen and oxygen atoms in total. The molecule has 0 saturated heterocycles. The van der Waals surface area contributed by atoms with Gasteiger partial charge in [0.1, 0.15) is 16.3 Å². The predicted molar refractivity (Wildman–Crippen MR) is 229 cm³/mol. The van der Waals surface area contributed by atoms with Crippen molar-refractivity contribution in [1.29, 1.82) is 0 Å². The molecule has 57 heavy (non-hydrogen) atoms. The number of amides is 1. The van der Waals surface area contributed by atoms with Crippen molar-refractivity contribution in [2.24, 2.45) is 0 Å². The number of nitrogens with one attached hydrogen (secondary N) is 1. The maximum absolute atomic E-state index is 12.6. The van der Waals surface area contributed by atoms with Crippen LogP contribution in [0.15, 0.2) is 92.7 Å². The fraction of sp³-hybridized carbons (Fsp3) is 0.410. The third-order valence-corrected chi connectivity index (χ3v) is 13.7. The molecule has 1 unspecified atom stereocenters. The Bertz CT molecular complexity index is 2130. The summed E-state index contributed by atoms with van der Waals surface area (Å²) in [7, 11) is -4.04. The average Bonchev–Trinajstić information content (AvgIpc) is 3.82. The van der Waals surface area contributed by atoms with Gasteiger partial charge < -0.3 is 20.1 Å². The molecule has 18 heteroatoms.